The van der Waals surface area contributed by atoms with Crippen LogP contribution in [0.15, 0.2) is 97.2 Å². The van der Waals surface area contributed by atoms with E-state index in [1.54, 1.807) is 0 Å². The van der Waals surface area contributed by atoms with Crippen LogP contribution in [0.1, 0.15) is 284 Å². The molecule has 2 atom stereocenters. The monoisotopic (exact) mass is 1140 g/mol. The van der Waals surface area contributed by atoms with Crippen molar-refractivity contribution in [3.63, 3.8) is 0 Å². The van der Waals surface area contributed by atoms with Crippen LogP contribution in [0.4, 0.5) is 0 Å². The van der Waals surface area contributed by atoms with Gasteiger partial charge in [-0.3, -0.25) is 18.6 Å². The largest absolute Gasteiger partial charge is 0.472 e. The SMILES string of the molecule is CC/C=C\C/C=C\C/C=C\C/C=C\C/C=C\C/C=C\C/C=C\C/C=C\CCCCCCCCCCCCC(=O)OC(COC(=O)CCCCCCCCCCCCCCCCCCCCCCC)COP(=O)(O)OCC[N+](C)(C)C. The van der Waals surface area contributed by atoms with Gasteiger partial charge in [0.15, 0.2) is 6.10 Å². The van der Waals surface area contributed by atoms with Gasteiger partial charge in [0.1, 0.15) is 19.8 Å². The molecule has 1 N–H and O–H groups in total. The van der Waals surface area contributed by atoms with E-state index in [-0.39, 0.29) is 32.0 Å². The summed E-state index contributed by atoms with van der Waals surface area (Å²) in [7, 11) is 1.47. The van der Waals surface area contributed by atoms with E-state index in [4.69, 9.17) is 18.5 Å². The van der Waals surface area contributed by atoms with Crippen molar-refractivity contribution in [2.75, 3.05) is 47.5 Å². The fourth-order valence-corrected chi connectivity index (χ4v) is 9.83. The van der Waals surface area contributed by atoms with Crippen LogP contribution in [-0.4, -0.2) is 74.9 Å². The summed E-state index contributed by atoms with van der Waals surface area (Å²) in [4.78, 5) is 35.8. The van der Waals surface area contributed by atoms with Gasteiger partial charge in [0, 0.05) is 12.8 Å². The number of hydrogen-bond donors (Lipinski definition) is 1. The highest BCUT2D eigenvalue weighted by Crippen LogP contribution is 2.43. The zero-order chi connectivity index (χ0) is 58.4. The molecule has 9 nitrogen and oxygen atoms in total. The molecule has 10 heteroatoms. The van der Waals surface area contributed by atoms with Gasteiger partial charge in [-0.1, -0.05) is 291 Å². The maximum atomic E-state index is 12.9. The molecule has 0 radical (unpaired) electrons. The lowest BCUT2D eigenvalue weighted by Gasteiger charge is -2.24. The molecule has 0 aliphatic rings. The van der Waals surface area contributed by atoms with Gasteiger partial charge in [-0.15, -0.1) is 0 Å². The molecule has 0 aromatic carbocycles. The van der Waals surface area contributed by atoms with E-state index in [9.17, 15) is 19.0 Å². The average Bonchev–Trinajstić information content (AvgIpc) is 3.42. The number of quaternary nitrogens is 1. The summed E-state index contributed by atoms with van der Waals surface area (Å²) in [6.45, 7) is 4.35. The van der Waals surface area contributed by atoms with Gasteiger partial charge in [0.2, 0.25) is 0 Å². The van der Waals surface area contributed by atoms with Crippen molar-refractivity contribution < 1.29 is 42.1 Å². The third-order valence-electron chi connectivity index (χ3n) is 14.1. The fraction of sp³-hybridized carbons (Fsp3) is 0.743. The Morgan fingerprint density at radius 1 is 0.400 bits per heavy atom. The standard InChI is InChI=1S/C70H124NO8P/c1-6-8-10-12-14-16-18-20-22-24-26-28-29-30-31-32-33-34-35-36-37-38-39-40-41-43-45-47-49-51-53-55-57-59-61-63-70(73)79-68(67-78-80(74,75)77-65-64-71(3,4)5)66-76-69(72)62-60-58-56-54-52-50-48-46-44-42-27-25-23-21-19-17-15-13-11-9-7-2/h8,10,14,16,20,22,26,28,30-31,33-34,36-37,39-40,68H,6-7,9,11-13,15,17-19,21,23-25,27,29,32,35,38,41-67H2,1-5H3/p+1/b10-8-,16-14-,22-20-,28-26-,31-30-,34-33-,37-36-,40-39-. The Morgan fingerprint density at radius 2 is 0.713 bits per heavy atom. The fourth-order valence-electron chi connectivity index (χ4n) is 9.09. The summed E-state index contributed by atoms with van der Waals surface area (Å²) in [5.41, 5.74) is 0. The van der Waals surface area contributed by atoms with E-state index in [1.165, 1.54) is 154 Å². The Morgan fingerprint density at radius 3 is 1.06 bits per heavy atom. The molecule has 0 fully saturated rings. The zero-order valence-corrected chi connectivity index (χ0v) is 53.4. The number of nitrogens with zero attached hydrogens (tertiary/aromatic N) is 1. The van der Waals surface area contributed by atoms with Crippen LogP contribution in [0, 0.1) is 0 Å². The highest BCUT2D eigenvalue weighted by molar-refractivity contribution is 7.47. The number of hydrogen-bond acceptors (Lipinski definition) is 7. The van der Waals surface area contributed by atoms with Gasteiger partial charge in [-0.2, -0.15) is 0 Å². The van der Waals surface area contributed by atoms with E-state index in [2.05, 4.69) is 111 Å². The van der Waals surface area contributed by atoms with Crippen molar-refractivity contribution >= 4 is 19.8 Å². The molecule has 0 spiro atoms. The minimum Gasteiger partial charge on any atom is -0.462 e. The lowest BCUT2D eigenvalue weighted by molar-refractivity contribution is -0.870. The number of phosphoric ester groups is 1. The third-order valence-corrected chi connectivity index (χ3v) is 15.1. The van der Waals surface area contributed by atoms with E-state index in [0.29, 0.717) is 17.4 Å². The first-order chi connectivity index (χ1) is 39.0. The number of unbranched alkanes of at least 4 members (excludes halogenated alkanes) is 30. The molecule has 0 aromatic heterocycles. The normalized spacial score (nSPS) is 13.8. The van der Waals surface area contributed by atoms with Crippen molar-refractivity contribution in [1.82, 2.24) is 0 Å². The summed E-state index contributed by atoms with van der Waals surface area (Å²) in [6.07, 6.45) is 83.5. The van der Waals surface area contributed by atoms with Gasteiger partial charge in [0.05, 0.1) is 27.7 Å². The van der Waals surface area contributed by atoms with E-state index >= 15 is 0 Å². The van der Waals surface area contributed by atoms with Gasteiger partial charge in [0.25, 0.3) is 0 Å². The molecular weight excluding hydrogens is 1010 g/mol. The predicted octanol–water partition coefficient (Wildman–Crippen LogP) is 21.2. The van der Waals surface area contributed by atoms with Crippen molar-refractivity contribution in [2.45, 2.75) is 290 Å². The lowest BCUT2D eigenvalue weighted by atomic mass is 10.0. The second-order valence-electron chi connectivity index (χ2n) is 23.1. The Labute approximate surface area is 493 Å². The molecule has 0 heterocycles. The summed E-state index contributed by atoms with van der Waals surface area (Å²) in [5.74, 6) is -0.795. The van der Waals surface area contributed by atoms with Crippen LogP contribution in [0.3, 0.4) is 0 Å². The third kappa shape index (κ3) is 64.1. The molecule has 0 bridgehead atoms. The topological polar surface area (TPSA) is 108 Å². The van der Waals surface area contributed by atoms with Crippen molar-refractivity contribution in [1.29, 1.82) is 0 Å². The zero-order valence-electron chi connectivity index (χ0n) is 52.5. The highest BCUT2D eigenvalue weighted by atomic mass is 31.2. The van der Waals surface area contributed by atoms with Crippen LogP contribution < -0.4 is 0 Å². The van der Waals surface area contributed by atoms with Crippen LogP contribution in [0.25, 0.3) is 0 Å². The van der Waals surface area contributed by atoms with Crippen LogP contribution >= 0.6 is 7.82 Å². The van der Waals surface area contributed by atoms with Gasteiger partial charge in [-0.05, 0) is 77.0 Å². The highest BCUT2D eigenvalue weighted by Gasteiger charge is 2.27. The molecule has 0 amide bonds. The molecular formula is C70H125NO8P+. The number of likely N-dealkylation sites (N-methyl/N-ethyl adjacent to an activating group) is 1. The summed E-state index contributed by atoms with van der Waals surface area (Å²) in [6, 6.07) is 0. The molecule has 462 valence electrons. The number of rotatable bonds is 60. The predicted molar refractivity (Wildman–Crippen MR) is 344 cm³/mol. The number of carbonyl (C=O) groups is 2. The molecule has 2 unspecified atom stereocenters. The van der Waals surface area contributed by atoms with E-state index in [1.807, 2.05) is 21.1 Å². The van der Waals surface area contributed by atoms with Gasteiger partial charge in [-0.25, -0.2) is 4.57 Å². The van der Waals surface area contributed by atoms with Crippen LogP contribution in [0.2, 0.25) is 0 Å². The van der Waals surface area contributed by atoms with E-state index < -0.39 is 26.5 Å². The Hall–Kier alpha value is -3.07. The molecule has 0 aromatic rings. The summed E-state index contributed by atoms with van der Waals surface area (Å²) in [5, 5.41) is 0. The van der Waals surface area contributed by atoms with Gasteiger partial charge >= 0.3 is 19.8 Å². The molecule has 0 aliphatic heterocycles. The molecule has 80 heavy (non-hydrogen) atoms. The number of esters is 2. The number of phosphoric acid groups is 1. The second-order valence-corrected chi connectivity index (χ2v) is 24.6. The first kappa shape index (κ1) is 76.9. The first-order valence-corrected chi connectivity index (χ1v) is 34.5. The summed E-state index contributed by atoms with van der Waals surface area (Å²) >= 11 is 0. The molecule has 0 aliphatic carbocycles. The number of ether oxygens (including phenoxy) is 2. The number of allylic oxidation sites excluding steroid dienone is 16. The second kappa shape index (κ2) is 60.5. The smallest absolute Gasteiger partial charge is 0.462 e. The maximum Gasteiger partial charge on any atom is 0.472 e. The van der Waals surface area contributed by atoms with Crippen molar-refractivity contribution in [3.8, 4) is 0 Å². The Balaban J connectivity index is 4.10. The van der Waals surface area contributed by atoms with Crippen LogP contribution in [-0.2, 0) is 32.7 Å². The summed E-state index contributed by atoms with van der Waals surface area (Å²) < 4.78 is 34.7. The minimum absolute atomic E-state index is 0.0286. The van der Waals surface area contributed by atoms with E-state index in [0.717, 1.165) is 96.3 Å². The van der Waals surface area contributed by atoms with Crippen LogP contribution in [0.5, 0.6) is 0 Å². The quantitative estimate of drug-likeness (QED) is 0.0211. The first-order valence-electron chi connectivity index (χ1n) is 33.0. The van der Waals surface area contributed by atoms with Gasteiger partial charge < -0.3 is 18.9 Å². The average molecular weight is 1140 g/mol. The Bertz CT molecular complexity index is 1670. The molecule has 0 saturated heterocycles. The maximum absolute atomic E-state index is 12.9. The number of carbonyl (C=O) groups excluding carboxylic acids is 2. The minimum atomic E-state index is -4.39. The lowest BCUT2D eigenvalue weighted by Crippen LogP contribution is -2.37. The van der Waals surface area contributed by atoms with Crippen molar-refractivity contribution in [2.24, 2.45) is 0 Å². The molecule has 0 saturated carbocycles. The van der Waals surface area contributed by atoms with Crippen molar-refractivity contribution in [3.05, 3.63) is 97.2 Å². The Kier molecular flexibility index (Phi) is 58.2. The molecule has 0 rings (SSSR count).